The summed E-state index contributed by atoms with van der Waals surface area (Å²) in [5, 5.41) is 0.735. The predicted octanol–water partition coefficient (Wildman–Crippen LogP) is 1.38. The highest BCUT2D eigenvalue weighted by Crippen LogP contribution is 2.12. The van der Waals surface area contributed by atoms with Gasteiger partial charge in [-0.3, -0.25) is 11.3 Å². The number of hydrazine groups is 1. The Hall–Kier alpha value is -0.650. The molecule has 1 atom stereocenters. The van der Waals surface area contributed by atoms with Gasteiger partial charge in [0, 0.05) is 18.2 Å². The van der Waals surface area contributed by atoms with E-state index in [1.165, 1.54) is 0 Å². The van der Waals surface area contributed by atoms with Crippen molar-refractivity contribution in [1.29, 1.82) is 0 Å². The van der Waals surface area contributed by atoms with Gasteiger partial charge in [0.1, 0.15) is 0 Å². The number of benzene rings is 1. The van der Waals surface area contributed by atoms with E-state index in [4.69, 9.17) is 26.9 Å². The lowest BCUT2D eigenvalue weighted by atomic mass is 10.1. The number of ether oxygens (including phenoxy) is 2. The lowest BCUT2D eigenvalue weighted by Crippen LogP contribution is -2.40. The minimum atomic E-state index is 0.0744. The van der Waals surface area contributed by atoms with E-state index in [9.17, 15) is 0 Å². The van der Waals surface area contributed by atoms with Crippen LogP contribution in [0, 0.1) is 0 Å². The number of methoxy groups -OCH3 is 1. The average molecular weight is 259 g/mol. The molecule has 0 aliphatic carbocycles. The summed E-state index contributed by atoms with van der Waals surface area (Å²) in [5.74, 6) is 5.48. The fraction of sp³-hybridized carbons (Fsp3) is 0.500. The van der Waals surface area contributed by atoms with E-state index in [1.807, 2.05) is 24.3 Å². The predicted molar refractivity (Wildman–Crippen MR) is 69.0 cm³/mol. The molecule has 96 valence electrons. The van der Waals surface area contributed by atoms with Crippen molar-refractivity contribution >= 4 is 11.6 Å². The molecule has 0 aliphatic heterocycles. The molecule has 0 fully saturated rings. The second-order valence-electron chi connectivity index (χ2n) is 3.77. The van der Waals surface area contributed by atoms with Crippen LogP contribution in [0.4, 0.5) is 0 Å². The molecule has 1 unspecified atom stereocenters. The van der Waals surface area contributed by atoms with Gasteiger partial charge in [0.15, 0.2) is 0 Å². The summed E-state index contributed by atoms with van der Waals surface area (Å²) in [6.45, 7) is 1.71. The zero-order chi connectivity index (χ0) is 12.5. The first-order valence-corrected chi connectivity index (χ1v) is 5.91. The number of nitrogens with two attached hydrogens (primary N) is 1. The number of hydrogen-bond acceptors (Lipinski definition) is 4. The molecule has 0 aromatic heterocycles. The van der Waals surface area contributed by atoms with Crippen molar-refractivity contribution in [3.8, 4) is 0 Å². The average Bonchev–Trinajstić information content (AvgIpc) is 2.33. The molecule has 1 rings (SSSR count). The van der Waals surface area contributed by atoms with Crippen LogP contribution < -0.4 is 11.3 Å². The van der Waals surface area contributed by atoms with Gasteiger partial charge in [-0.15, -0.1) is 0 Å². The highest BCUT2D eigenvalue weighted by molar-refractivity contribution is 6.30. The molecule has 1 aromatic carbocycles. The van der Waals surface area contributed by atoms with E-state index in [1.54, 1.807) is 7.11 Å². The molecular formula is C12H19ClN2O2. The number of nitrogens with one attached hydrogen (secondary N) is 1. The van der Waals surface area contributed by atoms with Gasteiger partial charge in [-0.2, -0.15) is 0 Å². The maximum Gasteiger partial charge on any atom is 0.0701 e. The minimum Gasteiger partial charge on any atom is -0.382 e. The topological polar surface area (TPSA) is 56.5 Å². The molecule has 0 aliphatic rings. The second kappa shape index (κ2) is 8.44. The van der Waals surface area contributed by atoms with Crippen LogP contribution in [0.2, 0.25) is 5.02 Å². The van der Waals surface area contributed by atoms with Crippen LogP contribution in [0.25, 0.3) is 0 Å². The molecular weight excluding hydrogens is 240 g/mol. The van der Waals surface area contributed by atoms with Crippen LogP contribution in [0.15, 0.2) is 24.3 Å². The number of rotatable bonds is 8. The van der Waals surface area contributed by atoms with Gasteiger partial charge in [-0.1, -0.05) is 23.7 Å². The molecule has 0 bridgehead atoms. The summed E-state index contributed by atoms with van der Waals surface area (Å²) in [5.41, 5.74) is 3.87. The van der Waals surface area contributed by atoms with E-state index in [-0.39, 0.29) is 6.04 Å². The van der Waals surface area contributed by atoms with Crippen LogP contribution in [0.1, 0.15) is 5.56 Å². The van der Waals surface area contributed by atoms with Gasteiger partial charge in [0.05, 0.1) is 19.8 Å². The Bertz CT molecular complexity index is 323. The van der Waals surface area contributed by atoms with E-state index in [0.29, 0.717) is 19.8 Å². The van der Waals surface area contributed by atoms with Gasteiger partial charge >= 0.3 is 0 Å². The van der Waals surface area contributed by atoms with Gasteiger partial charge in [-0.25, -0.2) is 0 Å². The van der Waals surface area contributed by atoms with Crippen LogP contribution >= 0.6 is 11.6 Å². The second-order valence-corrected chi connectivity index (χ2v) is 4.20. The quantitative estimate of drug-likeness (QED) is 0.420. The third kappa shape index (κ3) is 6.00. The van der Waals surface area contributed by atoms with E-state index in [0.717, 1.165) is 17.0 Å². The molecule has 3 N–H and O–H groups in total. The molecule has 5 heteroatoms. The fourth-order valence-electron chi connectivity index (χ4n) is 1.48. The lowest BCUT2D eigenvalue weighted by molar-refractivity contribution is 0.0587. The number of hydrogen-bond donors (Lipinski definition) is 2. The Kier molecular flexibility index (Phi) is 7.16. The standard InChI is InChI=1S/C12H19ClN2O2/c1-16-5-6-17-9-12(15-14)8-10-3-2-4-11(13)7-10/h2-4,7,12,15H,5-6,8-9,14H2,1H3. The smallest absolute Gasteiger partial charge is 0.0701 e. The first-order chi connectivity index (χ1) is 8.26. The molecule has 4 nitrogen and oxygen atoms in total. The number of halogens is 1. The van der Waals surface area contributed by atoms with Crippen molar-refractivity contribution in [2.45, 2.75) is 12.5 Å². The Morgan fingerprint density at radius 2 is 2.24 bits per heavy atom. The summed E-state index contributed by atoms with van der Waals surface area (Å²) in [6.07, 6.45) is 0.782. The first kappa shape index (κ1) is 14.4. The normalized spacial score (nSPS) is 12.6. The summed E-state index contributed by atoms with van der Waals surface area (Å²) in [6, 6.07) is 7.80. The highest BCUT2D eigenvalue weighted by atomic mass is 35.5. The van der Waals surface area contributed by atoms with Crippen molar-refractivity contribution in [2.75, 3.05) is 26.9 Å². The van der Waals surface area contributed by atoms with Gasteiger partial charge in [0.2, 0.25) is 0 Å². The largest absolute Gasteiger partial charge is 0.382 e. The van der Waals surface area contributed by atoms with E-state index in [2.05, 4.69) is 5.43 Å². The van der Waals surface area contributed by atoms with Crippen molar-refractivity contribution in [3.05, 3.63) is 34.9 Å². The van der Waals surface area contributed by atoms with Crippen LogP contribution in [-0.4, -0.2) is 33.0 Å². The lowest BCUT2D eigenvalue weighted by Gasteiger charge is -2.16. The zero-order valence-corrected chi connectivity index (χ0v) is 10.7. The highest BCUT2D eigenvalue weighted by Gasteiger charge is 2.08. The van der Waals surface area contributed by atoms with Crippen LogP contribution in [-0.2, 0) is 15.9 Å². The third-order valence-electron chi connectivity index (χ3n) is 2.36. The van der Waals surface area contributed by atoms with Gasteiger partial charge < -0.3 is 9.47 Å². The third-order valence-corrected chi connectivity index (χ3v) is 2.59. The summed E-state index contributed by atoms with van der Waals surface area (Å²) < 4.78 is 10.3. The zero-order valence-electron chi connectivity index (χ0n) is 9.99. The Balaban J connectivity index is 2.35. The summed E-state index contributed by atoms with van der Waals surface area (Å²) in [4.78, 5) is 0. The van der Waals surface area contributed by atoms with E-state index < -0.39 is 0 Å². The van der Waals surface area contributed by atoms with Crippen LogP contribution in [0.5, 0.6) is 0 Å². The van der Waals surface area contributed by atoms with Crippen LogP contribution in [0.3, 0.4) is 0 Å². The van der Waals surface area contributed by atoms with E-state index >= 15 is 0 Å². The Morgan fingerprint density at radius 3 is 2.88 bits per heavy atom. The Labute approximate surface area is 107 Å². The molecule has 0 spiro atoms. The molecule has 0 saturated heterocycles. The molecule has 0 heterocycles. The molecule has 0 amide bonds. The summed E-state index contributed by atoms with van der Waals surface area (Å²) in [7, 11) is 1.65. The SMILES string of the molecule is COCCOCC(Cc1cccc(Cl)c1)NN. The van der Waals surface area contributed by atoms with Gasteiger partial charge in [0.25, 0.3) is 0 Å². The Morgan fingerprint density at radius 1 is 1.41 bits per heavy atom. The molecule has 17 heavy (non-hydrogen) atoms. The minimum absolute atomic E-state index is 0.0744. The van der Waals surface area contributed by atoms with Crippen molar-refractivity contribution in [3.63, 3.8) is 0 Å². The van der Waals surface area contributed by atoms with Crippen molar-refractivity contribution < 1.29 is 9.47 Å². The molecule has 0 saturated carbocycles. The maximum absolute atomic E-state index is 5.92. The summed E-state index contributed by atoms with van der Waals surface area (Å²) >= 11 is 5.92. The van der Waals surface area contributed by atoms with Crippen molar-refractivity contribution in [1.82, 2.24) is 5.43 Å². The first-order valence-electron chi connectivity index (χ1n) is 5.53. The van der Waals surface area contributed by atoms with Gasteiger partial charge in [-0.05, 0) is 24.1 Å². The molecule has 0 radical (unpaired) electrons. The van der Waals surface area contributed by atoms with Crippen molar-refractivity contribution in [2.24, 2.45) is 5.84 Å². The molecule has 1 aromatic rings. The maximum atomic E-state index is 5.92. The monoisotopic (exact) mass is 258 g/mol. The fourth-order valence-corrected chi connectivity index (χ4v) is 1.70.